The highest BCUT2D eigenvalue weighted by Crippen LogP contribution is 2.21. The van der Waals surface area contributed by atoms with Gasteiger partial charge in [0.25, 0.3) is 0 Å². The van der Waals surface area contributed by atoms with Gasteiger partial charge in [-0.15, -0.1) is 0 Å². The Hall–Kier alpha value is -1.06. The Morgan fingerprint density at radius 2 is 2.15 bits per heavy atom. The molecule has 2 unspecified atom stereocenters. The first-order chi connectivity index (χ1) is 9.56. The van der Waals surface area contributed by atoms with E-state index in [0.717, 1.165) is 12.2 Å². The van der Waals surface area contributed by atoms with Crippen molar-refractivity contribution in [1.29, 1.82) is 0 Å². The first kappa shape index (κ1) is 15.3. The van der Waals surface area contributed by atoms with Crippen molar-refractivity contribution in [3.8, 4) is 5.75 Å². The summed E-state index contributed by atoms with van der Waals surface area (Å²) in [6.07, 6.45) is 4.96. The minimum Gasteiger partial charge on any atom is -0.491 e. The molecule has 2 N–H and O–H groups in total. The van der Waals surface area contributed by atoms with Crippen molar-refractivity contribution in [3.63, 3.8) is 0 Å². The molecule has 20 heavy (non-hydrogen) atoms. The van der Waals surface area contributed by atoms with Gasteiger partial charge in [-0.05, 0) is 64.4 Å². The Morgan fingerprint density at radius 1 is 1.35 bits per heavy atom. The summed E-state index contributed by atoms with van der Waals surface area (Å²) in [7, 11) is 2.20. The van der Waals surface area contributed by atoms with E-state index in [-0.39, 0.29) is 12.1 Å². The Labute approximate surface area is 123 Å². The number of hydrogen-bond donors (Lipinski definition) is 1. The summed E-state index contributed by atoms with van der Waals surface area (Å²) >= 11 is 0. The third-order valence-corrected chi connectivity index (χ3v) is 4.06. The molecule has 0 aromatic heterocycles. The van der Waals surface area contributed by atoms with Crippen molar-refractivity contribution in [2.45, 2.75) is 57.7 Å². The molecule has 0 bridgehead atoms. The molecule has 0 amide bonds. The van der Waals surface area contributed by atoms with E-state index in [1.807, 2.05) is 6.07 Å². The third kappa shape index (κ3) is 4.22. The number of benzene rings is 1. The van der Waals surface area contributed by atoms with E-state index < -0.39 is 0 Å². The molecule has 1 aromatic carbocycles. The molecule has 1 heterocycles. The van der Waals surface area contributed by atoms with Gasteiger partial charge in [-0.2, -0.15) is 0 Å². The molecule has 0 aliphatic carbocycles. The summed E-state index contributed by atoms with van der Waals surface area (Å²) in [6.45, 7) is 5.28. The van der Waals surface area contributed by atoms with Crippen molar-refractivity contribution in [2.75, 3.05) is 13.6 Å². The number of nitrogens with two attached hydrogens (primary N) is 1. The number of likely N-dealkylation sites (N-methyl/N-ethyl adjacent to an activating group) is 1. The Balaban J connectivity index is 1.98. The lowest BCUT2D eigenvalue weighted by atomic mass is 9.92. The number of nitrogens with zero attached hydrogens (tertiary/aromatic N) is 1. The maximum atomic E-state index is 6.44. The zero-order valence-corrected chi connectivity index (χ0v) is 13.0. The molecule has 1 saturated heterocycles. The van der Waals surface area contributed by atoms with Crippen LogP contribution in [0.1, 0.15) is 38.7 Å². The minimum atomic E-state index is 0.203. The molecule has 112 valence electrons. The van der Waals surface area contributed by atoms with Crippen LogP contribution in [0.25, 0.3) is 0 Å². The van der Waals surface area contributed by atoms with E-state index in [0.29, 0.717) is 6.04 Å². The smallest absolute Gasteiger partial charge is 0.119 e. The largest absolute Gasteiger partial charge is 0.491 e. The second kappa shape index (κ2) is 7.09. The van der Waals surface area contributed by atoms with E-state index in [2.05, 4.69) is 44.0 Å². The molecule has 1 aliphatic rings. The molecule has 3 nitrogen and oxygen atoms in total. The van der Waals surface area contributed by atoms with Crippen molar-refractivity contribution in [2.24, 2.45) is 5.73 Å². The quantitative estimate of drug-likeness (QED) is 0.898. The van der Waals surface area contributed by atoms with Gasteiger partial charge in [0.2, 0.25) is 0 Å². The zero-order valence-electron chi connectivity index (χ0n) is 13.0. The average Bonchev–Trinajstić information content (AvgIpc) is 2.38. The molecule has 1 fully saturated rings. The highest BCUT2D eigenvalue weighted by atomic mass is 16.5. The van der Waals surface area contributed by atoms with E-state index in [9.17, 15) is 0 Å². The van der Waals surface area contributed by atoms with E-state index in [1.165, 1.54) is 31.4 Å². The maximum absolute atomic E-state index is 6.44. The first-order valence-corrected chi connectivity index (χ1v) is 7.77. The van der Waals surface area contributed by atoms with Gasteiger partial charge in [0, 0.05) is 12.1 Å². The van der Waals surface area contributed by atoms with Crippen LogP contribution in [0.3, 0.4) is 0 Å². The van der Waals surface area contributed by atoms with Crippen LogP contribution < -0.4 is 10.5 Å². The third-order valence-electron chi connectivity index (χ3n) is 4.06. The molecular weight excluding hydrogens is 248 g/mol. The summed E-state index contributed by atoms with van der Waals surface area (Å²) in [4.78, 5) is 2.42. The lowest BCUT2D eigenvalue weighted by Gasteiger charge is -2.36. The standard InChI is InChI=1S/C17H28N2O/c1-13(2)20-15-8-6-7-14(11-15)12-16(18)17-9-4-5-10-19(17)3/h6-8,11,13,16-17H,4-5,9-10,12,18H2,1-3H3. The van der Waals surface area contributed by atoms with Gasteiger partial charge in [0.15, 0.2) is 0 Å². The van der Waals surface area contributed by atoms with Crippen molar-refractivity contribution in [3.05, 3.63) is 29.8 Å². The van der Waals surface area contributed by atoms with Crippen LogP contribution in [0.4, 0.5) is 0 Å². The van der Waals surface area contributed by atoms with Crippen LogP contribution in [-0.2, 0) is 6.42 Å². The predicted molar refractivity (Wildman–Crippen MR) is 84.2 cm³/mol. The van der Waals surface area contributed by atoms with Gasteiger partial charge in [0.05, 0.1) is 6.10 Å². The summed E-state index contributed by atoms with van der Waals surface area (Å²) in [5.74, 6) is 0.946. The fourth-order valence-corrected chi connectivity index (χ4v) is 3.07. The van der Waals surface area contributed by atoms with Crippen molar-refractivity contribution >= 4 is 0 Å². The highest BCUT2D eigenvalue weighted by Gasteiger charge is 2.25. The van der Waals surface area contributed by atoms with Gasteiger partial charge < -0.3 is 15.4 Å². The van der Waals surface area contributed by atoms with Crippen molar-refractivity contribution < 1.29 is 4.74 Å². The Morgan fingerprint density at radius 3 is 2.85 bits per heavy atom. The van der Waals surface area contributed by atoms with E-state index in [1.54, 1.807) is 0 Å². The van der Waals surface area contributed by atoms with Crippen LogP contribution in [0, 0.1) is 0 Å². The number of rotatable bonds is 5. The number of piperidine rings is 1. The summed E-state index contributed by atoms with van der Waals surface area (Å²) in [5, 5.41) is 0. The SMILES string of the molecule is CC(C)Oc1cccc(CC(N)C2CCCCN2C)c1. The Kier molecular flexibility index (Phi) is 5.44. The molecule has 3 heteroatoms. The first-order valence-electron chi connectivity index (χ1n) is 7.77. The zero-order chi connectivity index (χ0) is 14.5. The highest BCUT2D eigenvalue weighted by molar-refractivity contribution is 5.29. The topological polar surface area (TPSA) is 38.5 Å². The lowest BCUT2D eigenvalue weighted by molar-refractivity contribution is 0.159. The second-order valence-corrected chi connectivity index (χ2v) is 6.23. The maximum Gasteiger partial charge on any atom is 0.119 e. The molecule has 1 aliphatic heterocycles. The Bertz CT molecular complexity index is 419. The summed E-state index contributed by atoms with van der Waals surface area (Å²) in [6, 6.07) is 9.07. The van der Waals surface area contributed by atoms with Crippen LogP contribution in [-0.4, -0.2) is 36.7 Å². The molecule has 0 radical (unpaired) electrons. The molecular formula is C17H28N2O. The van der Waals surface area contributed by atoms with Gasteiger partial charge in [0.1, 0.15) is 5.75 Å². The number of hydrogen-bond acceptors (Lipinski definition) is 3. The monoisotopic (exact) mass is 276 g/mol. The summed E-state index contributed by atoms with van der Waals surface area (Å²) in [5.41, 5.74) is 7.71. The minimum absolute atomic E-state index is 0.203. The van der Waals surface area contributed by atoms with Crippen LogP contribution in [0.15, 0.2) is 24.3 Å². The van der Waals surface area contributed by atoms with Crippen molar-refractivity contribution in [1.82, 2.24) is 4.90 Å². The number of ether oxygens (including phenoxy) is 1. The van der Waals surface area contributed by atoms with Gasteiger partial charge in [-0.3, -0.25) is 0 Å². The summed E-state index contributed by atoms with van der Waals surface area (Å²) < 4.78 is 5.75. The molecule has 0 spiro atoms. The van der Waals surface area contributed by atoms with Gasteiger partial charge in [-0.1, -0.05) is 18.6 Å². The fraction of sp³-hybridized carbons (Fsp3) is 0.647. The van der Waals surface area contributed by atoms with Crippen LogP contribution in [0.2, 0.25) is 0 Å². The predicted octanol–water partition coefficient (Wildman–Crippen LogP) is 2.83. The van der Waals surface area contributed by atoms with E-state index >= 15 is 0 Å². The lowest BCUT2D eigenvalue weighted by Crippen LogP contribution is -2.49. The van der Waals surface area contributed by atoms with Crippen LogP contribution >= 0.6 is 0 Å². The molecule has 0 saturated carbocycles. The molecule has 2 atom stereocenters. The fourth-order valence-electron chi connectivity index (χ4n) is 3.07. The van der Waals surface area contributed by atoms with E-state index in [4.69, 9.17) is 10.5 Å². The molecule has 2 rings (SSSR count). The van der Waals surface area contributed by atoms with Gasteiger partial charge >= 0.3 is 0 Å². The second-order valence-electron chi connectivity index (χ2n) is 6.23. The number of likely N-dealkylation sites (tertiary alicyclic amines) is 1. The van der Waals surface area contributed by atoms with Gasteiger partial charge in [-0.25, -0.2) is 0 Å². The molecule has 1 aromatic rings. The van der Waals surface area contributed by atoms with Crippen LogP contribution in [0.5, 0.6) is 5.75 Å². The average molecular weight is 276 g/mol. The normalized spacial score (nSPS) is 21.9.